The van der Waals surface area contributed by atoms with E-state index >= 15 is 0 Å². The molecule has 0 saturated carbocycles. The van der Waals surface area contributed by atoms with Crippen LogP contribution in [0.2, 0.25) is 0 Å². The molecule has 16 heavy (non-hydrogen) atoms. The number of carbonyl (C=O) groups excluding carboxylic acids is 1. The predicted octanol–water partition coefficient (Wildman–Crippen LogP) is 1.52. The van der Waals surface area contributed by atoms with Crippen LogP contribution in [0.4, 0.5) is 0 Å². The van der Waals surface area contributed by atoms with E-state index in [1.807, 2.05) is 31.2 Å². The van der Waals surface area contributed by atoms with Crippen LogP contribution >= 0.6 is 0 Å². The summed E-state index contributed by atoms with van der Waals surface area (Å²) in [6.07, 6.45) is 0.0453. The van der Waals surface area contributed by atoms with Gasteiger partial charge in [-0.3, -0.25) is 4.79 Å². The van der Waals surface area contributed by atoms with E-state index in [4.69, 9.17) is 9.47 Å². The second-order valence-electron chi connectivity index (χ2n) is 4.06. The second kappa shape index (κ2) is 5.23. The summed E-state index contributed by atoms with van der Waals surface area (Å²) in [6.45, 7) is 3.53. The van der Waals surface area contributed by atoms with Gasteiger partial charge in [-0.25, -0.2) is 0 Å². The highest BCUT2D eigenvalue weighted by Gasteiger charge is 2.22. The van der Waals surface area contributed by atoms with E-state index < -0.39 is 0 Å². The van der Waals surface area contributed by atoms with E-state index in [-0.39, 0.29) is 11.9 Å². The molecule has 3 heteroatoms. The Hall–Kier alpha value is -1.19. The van der Waals surface area contributed by atoms with Crippen molar-refractivity contribution >= 4 is 5.78 Å². The minimum absolute atomic E-state index is 0.101. The molecule has 0 amide bonds. The van der Waals surface area contributed by atoms with E-state index in [1.54, 1.807) is 0 Å². The van der Waals surface area contributed by atoms with Gasteiger partial charge in [0.1, 0.15) is 6.10 Å². The fourth-order valence-electron chi connectivity index (χ4n) is 1.69. The fourth-order valence-corrected chi connectivity index (χ4v) is 1.69. The van der Waals surface area contributed by atoms with Crippen molar-refractivity contribution in [2.45, 2.75) is 19.4 Å². The minimum Gasteiger partial charge on any atom is -0.376 e. The van der Waals surface area contributed by atoms with E-state index in [2.05, 4.69) is 0 Å². The number of Topliss-reactive ketones (excluding diaryl/α,β-unsaturated/α-hetero) is 1. The van der Waals surface area contributed by atoms with E-state index in [0.29, 0.717) is 26.2 Å². The highest BCUT2D eigenvalue weighted by atomic mass is 16.6. The van der Waals surface area contributed by atoms with Gasteiger partial charge in [-0.15, -0.1) is 0 Å². The molecule has 1 unspecified atom stereocenters. The standard InChI is InChI=1S/C13H16O3/c1-10-2-4-11(5-3-10)8-12(14)13-9-15-6-7-16-13/h2-5,13H,6-9H2,1H3. The van der Waals surface area contributed by atoms with Gasteiger partial charge in [0.2, 0.25) is 0 Å². The summed E-state index contributed by atoms with van der Waals surface area (Å²) in [5.41, 5.74) is 2.23. The average Bonchev–Trinajstić information content (AvgIpc) is 2.33. The van der Waals surface area contributed by atoms with Crippen molar-refractivity contribution in [3.05, 3.63) is 35.4 Å². The van der Waals surface area contributed by atoms with Gasteiger partial charge in [0.05, 0.1) is 19.8 Å². The summed E-state index contributed by atoms with van der Waals surface area (Å²) in [4.78, 5) is 11.8. The molecule has 0 aromatic heterocycles. The van der Waals surface area contributed by atoms with Crippen molar-refractivity contribution < 1.29 is 14.3 Å². The molecule has 0 N–H and O–H groups in total. The Labute approximate surface area is 95.4 Å². The summed E-state index contributed by atoms with van der Waals surface area (Å²) in [5, 5.41) is 0. The molecule has 1 atom stereocenters. The normalized spacial score (nSPS) is 20.7. The van der Waals surface area contributed by atoms with Gasteiger partial charge < -0.3 is 9.47 Å². The maximum Gasteiger partial charge on any atom is 0.168 e. The van der Waals surface area contributed by atoms with Gasteiger partial charge in [0.15, 0.2) is 5.78 Å². The Balaban J connectivity index is 1.93. The molecule has 1 aliphatic rings. The maximum absolute atomic E-state index is 11.8. The number of carbonyl (C=O) groups is 1. The van der Waals surface area contributed by atoms with Gasteiger partial charge in [0.25, 0.3) is 0 Å². The van der Waals surface area contributed by atoms with Crippen molar-refractivity contribution in [1.29, 1.82) is 0 Å². The Morgan fingerprint density at radius 2 is 2.06 bits per heavy atom. The molecule has 0 radical (unpaired) electrons. The molecule has 2 rings (SSSR count). The molecule has 86 valence electrons. The lowest BCUT2D eigenvalue weighted by Crippen LogP contribution is -2.36. The van der Waals surface area contributed by atoms with Crippen molar-refractivity contribution in [2.75, 3.05) is 19.8 Å². The first kappa shape index (κ1) is 11.3. The number of hydrogen-bond acceptors (Lipinski definition) is 3. The monoisotopic (exact) mass is 220 g/mol. The van der Waals surface area contributed by atoms with Crippen LogP contribution in [-0.4, -0.2) is 31.7 Å². The van der Waals surface area contributed by atoms with Crippen LogP contribution in [0.15, 0.2) is 24.3 Å². The first-order chi connectivity index (χ1) is 7.75. The number of rotatable bonds is 3. The largest absolute Gasteiger partial charge is 0.376 e. The minimum atomic E-state index is -0.380. The lowest BCUT2D eigenvalue weighted by molar-refractivity contribution is -0.144. The zero-order valence-electron chi connectivity index (χ0n) is 9.44. The van der Waals surface area contributed by atoms with Gasteiger partial charge in [0, 0.05) is 6.42 Å². The third kappa shape index (κ3) is 2.90. The number of hydrogen-bond donors (Lipinski definition) is 0. The van der Waals surface area contributed by atoms with Gasteiger partial charge in [-0.05, 0) is 12.5 Å². The summed E-state index contributed by atoms with van der Waals surface area (Å²) in [5.74, 6) is 0.101. The lowest BCUT2D eigenvalue weighted by Gasteiger charge is -2.21. The number of aryl methyl sites for hydroxylation is 1. The molecule has 0 spiro atoms. The molecule has 1 aromatic rings. The number of ether oxygens (including phenoxy) is 2. The Bertz CT molecular complexity index is 350. The summed E-state index contributed by atoms with van der Waals surface area (Å²) >= 11 is 0. The van der Waals surface area contributed by atoms with Crippen molar-refractivity contribution in [3.63, 3.8) is 0 Å². The average molecular weight is 220 g/mol. The Morgan fingerprint density at radius 3 is 2.69 bits per heavy atom. The molecule has 1 heterocycles. The Kier molecular flexibility index (Phi) is 3.70. The number of benzene rings is 1. The molecule has 0 bridgehead atoms. The van der Waals surface area contributed by atoms with Gasteiger partial charge >= 0.3 is 0 Å². The molecule has 0 aliphatic carbocycles. The molecule has 3 nitrogen and oxygen atoms in total. The van der Waals surface area contributed by atoms with E-state index in [0.717, 1.165) is 5.56 Å². The summed E-state index contributed by atoms with van der Waals surface area (Å²) < 4.78 is 10.6. The summed E-state index contributed by atoms with van der Waals surface area (Å²) in [6, 6.07) is 8.00. The molecule has 1 aromatic carbocycles. The van der Waals surface area contributed by atoms with Gasteiger partial charge in [-0.1, -0.05) is 29.8 Å². The first-order valence-corrected chi connectivity index (χ1v) is 5.53. The summed E-state index contributed by atoms with van der Waals surface area (Å²) in [7, 11) is 0. The predicted molar refractivity (Wildman–Crippen MR) is 60.4 cm³/mol. The van der Waals surface area contributed by atoms with Crippen LogP contribution in [0.25, 0.3) is 0 Å². The third-order valence-electron chi connectivity index (χ3n) is 2.67. The van der Waals surface area contributed by atoms with Crippen molar-refractivity contribution in [3.8, 4) is 0 Å². The van der Waals surface area contributed by atoms with E-state index in [1.165, 1.54) is 5.56 Å². The molecule has 1 fully saturated rings. The first-order valence-electron chi connectivity index (χ1n) is 5.53. The van der Waals surface area contributed by atoms with E-state index in [9.17, 15) is 4.79 Å². The SMILES string of the molecule is Cc1ccc(CC(=O)C2COCCO2)cc1. The zero-order valence-corrected chi connectivity index (χ0v) is 9.44. The Morgan fingerprint density at radius 1 is 1.31 bits per heavy atom. The molecule has 1 saturated heterocycles. The molecule has 1 aliphatic heterocycles. The van der Waals surface area contributed by atoms with Crippen LogP contribution in [0.1, 0.15) is 11.1 Å². The van der Waals surface area contributed by atoms with Crippen LogP contribution in [-0.2, 0) is 20.7 Å². The number of ketones is 1. The molecular weight excluding hydrogens is 204 g/mol. The fraction of sp³-hybridized carbons (Fsp3) is 0.462. The quantitative estimate of drug-likeness (QED) is 0.774. The zero-order chi connectivity index (χ0) is 11.4. The van der Waals surface area contributed by atoms with Gasteiger partial charge in [-0.2, -0.15) is 0 Å². The highest BCUT2D eigenvalue weighted by Crippen LogP contribution is 2.09. The lowest BCUT2D eigenvalue weighted by atomic mass is 10.0. The van der Waals surface area contributed by atoms with Crippen molar-refractivity contribution in [1.82, 2.24) is 0 Å². The highest BCUT2D eigenvalue weighted by molar-refractivity contribution is 5.85. The smallest absolute Gasteiger partial charge is 0.168 e. The third-order valence-corrected chi connectivity index (χ3v) is 2.67. The van der Waals surface area contributed by atoms with Crippen LogP contribution in [0.5, 0.6) is 0 Å². The topological polar surface area (TPSA) is 35.5 Å². The van der Waals surface area contributed by atoms with Crippen LogP contribution in [0, 0.1) is 6.92 Å². The van der Waals surface area contributed by atoms with Crippen molar-refractivity contribution in [2.24, 2.45) is 0 Å². The second-order valence-corrected chi connectivity index (χ2v) is 4.06. The molecular formula is C13H16O3. The van der Waals surface area contributed by atoms with Crippen LogP contribution in [0.3, 0.4) is 0 Å². The van der Waals surface area contributed by atoms with Crippen LogP contribution < -0.4 is 0 Å². The maximum atomic E-state index is 11.8.